The number of nitrogens with zero attached hydrogens (tertiary/aromatic N) is 1. The standard InChI is InChI=1S/C10H8F2N2S/c11-5-3-7(12)9-8(4-5)14(6-1-2-6)10(15)13-9/h3-4,6H,1-2H2,(H,13,15). The number of nitrogens with one attached hydrogen (secondary N) is 1. The van der Waals surface area contributed by atoms with Gasteiger partial charge in [-0.05, 0) is 31.1 Å². The van der Waals surface area contributed by atoms with Gasteiger partial charge in [-0.15, -0.1) is 0 Å². The lowest BCUT2D eigenvalue weighted by molar-refractivity contribution is 0.590. The third-order valence-corrected chi connectivity index (χ3v) is 2.96. The first kappa shape index (κ1) is 9.03. The lowest BCUT2D eigenvalue weighted by atomic mass is 10.3. The average Bonchev–Trinajstić information content (AvgIpc) is 2.91. The number of benzene rings is 1. The molecule has 0 spiro atoms. The van der Waals surface area contributed by atoms with Crippen molar-refractivity contribution in [2.24, 2.45) is 0 Å². The van der Waals surface area contributed by atoms with Crippen LogP contribution in [0.25, 0.3) is 11.0 Å². The molecule has 0 aliphatic heterocycles. The van der Waals surface area contributed by atoms with Gasteiger partial charge in [-0.2, -0.15) is 0 Å². The first-order valence-electron chi connectivity index (χ1n) is 4.76. The van der Waals surface area contributed by atoms with E-state index in [1.807, 2.05) is 0 Å². The molecule has 0 atom stereocenters. The third-order valence-electron chi connectivity index (χ3n) is 2.66. The zero-order valence-electron chi connectivity index (χ0n) is 7.76. The zero-order chi connectivity index (χ0) is 10.6. The molecule has 78 valence electrons. The Hall–Kier alpha value is -1.23. The smallest absolute Gasteiger partial charge is 0.178 e. The molecular weight excluding hydrogens is 218 g/mol. The molecule has 0 saturated heterocycles. The van der Waals surface area contributed by atoms with Crippen molar-refractivity contribution in [1.82, 2.24) is 9.55 Å². The van der Waals surface area contributed by atoms with Crippen LogP contribution in [0.4, 0.5) is 8.78 Å². The molecule has 2 aromatic rings. The molecule has 0 unspecified atom stereocenters. The molecule has 1 fully saturated rings. The lowest BCUT2D eigenvalue weighted by Gasteiger charge is -2.00. The summed E-state index contributed by atoms with van der Waals surface area (Å²) in [5.41, 5.74) is 0.827. The maximum absolute atomic E-state index is 13.4. The number of aromatic amines is 1. The molecule has 1 saturated carbocycles. The predicted octanol–water partition coefficient (Wildman–Crippen LogP) is 3.31. The third kappa shape index (κ3) is 1.30. The van der Waals surface area contributed by atoms with Crippen LogP contribution >= 0.6 is 12.2 Å². The Morgan fingerprint density at radius 1 is 1.33 bits per heavy atom. The highest BCUT2D eigenvalue weighted by molar-refractivity contribution is 7.71. The van der Waals surface area contributed by atoms with Crippen LogP contribution < -0.4 is 0 Å². The normalized spacial score (nSPS) is 16.1. The van der Waals surface area contributed by atoms with Gasteiger partial charge in [0.25, 0.3) is 0 Å². The number of hydrogen-bond acceptors (Lipinski definition) is 1. The summed E-state index contributed by atoms with van der Waals surface area (Å²) in [5.74, 6) is -1.15. The largest absolute Gasteiger partial charge is 0.328 e. The molecule has 0 radical (unpaired) electrons. The minimum absolute atomic E-state index is 0.299. The Morgan fingerprint density at radius 2 is 2.07 bits per heavy atom. The van der Waals surface area contributed by atoms with Crippen LogP contribution in [-0.4, -0.2) is 9.55 Å². The van der Waals surface area contributed by atoms with Gasteiger partial charge in [-0.3, -0.25) is 0 Å². The van der Waals surface area contributed by atoms with E-state index in [1.54, 1.807) is 4.57 Å². The van der Waals surface area contributed by atoms with Gasteiger partial charge in [0.1, 0.15) is 11.3 Å². The van der Waals surface area contributed by atoms with Crippen molar-refractivity contribution in [3.8, 4) is 0 Å². The van der Waals surface area contributed by atoms with Crippen molar-refractivity contribution in [2.75, 3.05) is 0 Å². The molecule has 15 heavy (non-hydrogen) atoms. The van der Waals surface area contributed by atoms with Crippen molar-refractivity contribution >= 4 is 23.3 Å². The Bertz CT molecular complexity index is 595. The summed E-state index contributed by atoms with van der Waals surface area (Å²) in [7, 11) is 0. The second-order valence-electron chi connectivity index (χ2n) is 3.81. The number of halogens is 2. The van der Waals surface area contributed by atoms with E-state index in [0.29, 0.717) is 21.8 Å². The summed E-state index contributed by atoms with van der Waals surface area (Å²) >= 11 is 5.09. The Morgan fingerprint density at radius 3 is 2.73 bits per heavy atom. The maximum Gasteiger partial charge on any atom is 0.178 e. The quantitative estimate of drug-likeness (QED) is 0.740. The van der Waals surface area contributed by atoms with Gasteiger partial charge in [0, 0.05) is 12.1 Å². The van der Waals surface area contributed by atoms with Gasteiger partial charge in [-0.25, -0.2) is 8.78 Å². The van der Waals surface area contributed by atoms with Gasteiger partial charge in [0.2, 0.25) is 0 Å². The van der Waals surface area contributed by atoms with E-state index in [0.717, 1.165) is 18.9 Å². The van der Waals surface area contributed by atoms with Crippen LogP contribution in [0, 0.1) is 16.4 Å². The van der Waals surface area contributed by atoms with Crippen LogP contribution in [0.15, 0.2) is 12.1 Å². The maximum atomic E-state index is 13.4. The SMILES string of the molecule is Fc1cc(F)c2[nH]c(=S)n(C3CC3)c2c1. The number of hydrogen-bond donors (Lipinski definition) is 1. The lowest BCUT2D eigenvalue weighted by Crippen LogP contribution is -1.93. The molecule has 0 amide bonds. The zero-order valence-corrected chi connectivity index (χ0v) is 8.57. The fourth-order valence-electron chi connectivity index (χ4n) is 1.85. The molecule has 1 aliphatic carbocycles. The Balaban J connectivity index is 2.43. The summed E-state index contributed by atoms with van der Waals surface area (Å²) in [6, 6.07) is 2.50. The van der Waals surface area contributed by atoms with Crippen LogP contribution in [0.5, 0.6) is 0 Å². The van der Waals surface area contributed by atoms with E-state index in [2.05, 4.69) is 4.98 Å². The van der Waals surface area contributed by atoms with Crippen LogP contribution in [-0.2, 0) is 0 Å². The summed E-state index contributed by atoms with van der Waals surface area (Å²) in [4.78, 5) is 2.78. The first-order valence-corrected chi connectivity index (χ1v) is 5.17. The van der Waals surface area contributed by atoms with Gasteiger partial charge in [-0.1, -0.05) is 0 Å². The number of imidazole rings is 1. The fraction of sp³-hybridized carbons (Fsp3) is 0.300. The van der Waals surface area contributed by atoms with E-state index in [9.17, 15) is 8.78 Å². The van der Waals surface area contributed by atoms with E-state index >= 15 is 0 Å². The highest BCUT2D eigenvalue weighted by Crippen LogP contribution is 2.38. The first-order chi connectivity index (χ1) is 7.16. The molecule has 1 aromatic carbocycles. The minimum Gasteiger partial charge on any atom is -0.328 e. The molecule has 5 heteroatoms. The van der Waals surface area contributed by atoms with E-state index in [-0.39, 0.29) is 0 Å². The number of fused-ring (bicyclic) bond motifs is 1. The molecule has 2 nitrogen and oxygen atoms in total. The molecule has 1 aliphatic rings. The molecule has 1 aromatic heterocycles. The van der Waals surface area contributed by atoms with E-state index in [4.69, 9.17) is 12.2 Å². The molecule has 1 heterocycles. The summed E-state index contributed by atoms with van der Waals surface area (Å²) in [6.45, 7) is 0. The van der Waals surface area contributed by atoms with Gasteiger partial charge in [0.05, 0.1) is 5.52 Å². The van der Waals surface area contributed by atoms with Gasteiger partial charge in [0.15, 0.2) is 10.6 Å². The van der Waals surface area contributed by atoms with Crippen LogP contribution in [0.2, 0.25) is 0 Å². The summed E-state index contributed by atoms with van der Waals surface area (Å²) in [6.07, 6.45) is 2.05. The van der Waals surface area contributed by atoms with Gasteiger partial charge >= 0.3 is 0 Å². The fourth-order valence-corrected chi connectivity index (χ4v) is 2.20. The van der Waals surface area contributed by atoms with E-state index in [1.165, 1.54) is 6.07 Å². The molecule has 1 N–H and O–H groups in total. The Labute approximate surface area is 89.5 Å². The molecule has 3 rings (SSSR count). The van der Waals surface area contributed by atoms with E-state index < -0.39 is 11.6 Å². The van der Waals surface area contributed by atoms with Crippen molar-refractivity contribution in [3.05, 3.63) is 28.5 Å². The predicted molar refractivity (Wildman–Crippen MR) is 55.3 cm³/mol. The van der Waals surface area contributed by atoms with Crippen molar-refractivity contribution in [2.45, 2.75) is 18.9 Å². The molecular formula is C10H8F2N2S. The number of H-pyrrole nitrogens is 1. The second kappa shape index (κ2) is 2.88. The van der Waals surface area contributed by atoms with Crippen LogP contribution in [0.3, 0.4) is 0 Å². The van der Waals surface area contributed by atoms with Crippen molar-refractivity contribution in [3.63, 3.8) is 0 Å². The topological polar surface area (TPSA) is 20.7 Å². The highest BCUT2D eigenvalue weighted by Gasteiger charge is 2.26. The highest BCUT2D eigenvalue weighted by atomic mass is 32.1. The monoisotopic (exact) mass is 226 g/mol. The van der Waals surface area contributed by atoms with Gasteiger partial charge < -0.3 is 9.55 Å². The number of aromatic nitrogens is 2. The average molecular weight is 226 g/mol. The summed E-state index contributed by atoms with van der Waals surface area (Å²) in [5, 5.41) is 0. The minimum atomic E-state index is -0.588. The summed E-state index contributed by atoms with van der Waals surface area (Å²) < 4.78 is 28.7. The number of rotatable bonds is 1. The molecule has 0 bridgehead atoms. The second-order valence-corrected chi connectivity index (χ2v) is 4.20. The van der Waals surface area contributed by atoms with Crippen LogP contribution in [0.1, 0.15) is 18.9 Å². The van der Waals surface area contributed by atoms with Crippen molar-refractivity contribution in [1.29, 1.82) is 0 Å². The van der Waals surface area contributed by atoms with Crippen molar-refractivity contribution < 1.29 is 8.78 Å². The Kier molecular flexibility index (Phi) is 1.74.